The van der Waals surface area contributed by atoms with Crippen molar-refractivity contribution in [2.75, 3.05) is 13.2 Å². The zero-order valence-electron chi connectivity index (χ0n) is 13.2. The highest BCUT2D eigenvalue weighted by atomic mass is 35.5. The Morgan fingerprint density at radius 3 is 2.57 bits per heavy atom. The van der Waals surface area contributed by atoms with Crippen LogP contribution in [0.15, 0.2) is 12.1 Å². The van der Waals surface area contributed by atoms with Crippen LogP contribution in [-0.2, 0) is 0 Å². The Bertz CT molecular complexity index is 475. The molecule has 0 bridgehead atoms. The maximum atomic E-state index is 12.1. The van der Waals surface area contributed by atoms with Crippen molar-refractivity contribution >= 4 is 17.5 Å². The van der Waals surface area contributed by atoms with Gasteiger partial charge in [-0.25, -0.2) is 0 Å². The third-order valence-electron chi connectivity index (χ3n) is 2.74. The molecule has 0 unspecified atom stereocenters. The lowest BCUT2D eigenvalue weighted by Crippen LogP contribution is -2.30. The van der Waals surface area contributed by atoms with Crippen LogP contribution in [0.2, 0.25) is 5.02 Å². The topological polar surface area (TPSA) is 47.6 Å². The Hall–Kier alpha value is -1.42. The summed E-state index contributed by atoms with van der Waals surface area (Å²) in [5, 5.41) is 3.23. The summed E-state index contributed by atoms with van der Waals surface area (Å²) in [6.45, 7) is 8.85. The van der Waals surface area contributed by atoms with Crippen LogP contribution < -0.4 is 14.8 Å². The largest absolute Gasteiger partial charge is 0.490 e. The van der Waals surface area contributed by atoms with Crippen LogP contribution in [0.5, 0.6) is 11.5 Å². The Morgan fingerprint density at radius 1 is 1.29 bits per heavy atom. The molecule has 0 aliphatic carbocycles. The second kappa shape index (κ2) is 8.78. The van der Waals surface area contributed by atoms with Crippen molar-refractivity contribution in [1.29, 1.82) is 0 Å². The number of rotatable bonds is 8. The van der Waals surface area contributed by atoms with E-state index in [9.17, 15) is 4.79 Å². The molecule has 1 amide bonds. The summed E-state index contributed by atoms with van der Waals surface area (Å²) in [4.78, 5) is 12.1. The van der Waals surface area contributed by atoms with E-state index >= 15 is 0 Å². The van der Waals surface area contributed by atoms with Crippen LogP contribution in [0.3, 0.4) is 0 Å². The van der Waals surface area contributed by atoms with Crippen LogP contribution in [0.1, 0.15) is 50.9 Å². The van der Waals surface area contributed by atoms with Gasteiger partial charge < -0.3 is 14.8 Å². The van der Waals surface area contributed by atoms with Gasteiger partial charge in [-0.1, -0.05) is 24.9 Å². The second-order valence-corrected chi connectivity index (χ2v) is 5.46. The highest BCUT2D eigenvalue weighted by molar-refractivity contribution is 6.32. The van der Waals surface area contributed by atoms with Crippen molar-refractivity contribution in [2.45, 2.75) is 46.6 Å². The van der Waals surface area contributed by atoms with Crippen LogP contribution in [-0.4, -0.2) is 25.2 Å². The first-order chi connectivity index (χ1) is 9.99. The minimum absolute atomic E-state index is 0.0623. The molecule has 21 heavy (non-hydrogen) atoms. The normalized spacial score (nSPS) is 10.6. The van der Waals surface area contributed by atoms with Crippen LogP contribution >= 0.6 is 11.6 Å². The predicted octanol–water partition coefficient (Wildman–Crippen LogP) is 4.06. The molecule has 0 fully saturated rings. The van der Waals surface area contributed by atoms with Gasteiger partial charge in [0.15, 0.2) is 11.5 Å². The molecular formula is C16H24ClNO3. The molecule has 0 aliphatic rings. The van der Waals surface area contributed by atoms with E-state index in [-0.39, 0.29) is 11.9 Å². The number of carbonyl (C=O) groups excluding carboxylic acids is 1. The number of benzene rings is 1. The number of hydrogen-bond acceptors (Lipinski definition) is 3. The zero-order chi connectivity index (χ0) is 15.8. The third kappa shape index (κ3) is 5.46. The van der Waals surface area contributed by atoms with Gasteiger partial charge >= 0.3 is 0 Å². The molecule has 118 valence electrons. The molecule has 0 heterocycles. The summed E-state index contributed by atoms with van der Waals surface area (Å²) < 4.78 is 11.2. The number of amides is 1. The first kappa shape index (κ1) is 17.6. The molecule has 1 aromatic rings. The van der Waals surface area contributed by atoms with Gasteiger partial charge in [0.2, 0.25) is 0 Å². The van der Waals surface area contributed by atoms with E-state index in [0.717, 1.165) is 12.8 Å². The molecule has 0 atom stereocenters. The Labute approximate surface area is 131 Å². The first-order valence-corrected chi connectivity index (χ1v) is 7.77. The van der Waals surface area contributed by atoms with Gasteiger partial charge in [-0.15, -0.1) is 0 Å². The highest BCUT2D eigenvalue weighted by Gasteiger charge is 2.16. The minimum Gasteiger partial charge on any atom is -0.490 e. The molecule has 1 rings (SSSR count). The lowest BCUT2D eigenvalue weighted by Gasteiger charge is -2.15. The van der Waals surface area contributed by atoms with Crippen molar-refractivity contribution in [2.24, 2.45) is 0 Å². The summed E-state index contributed by atoms with van der Waals surface area (Å²) in [5.74, 6) is 0.844. The van der Waals surface area contributed by atoms with Crippen LogP contribution in [0.25, 0.3) is 0 Å². The van der Waals surface area contributed by atoms with Crippen molar-refractivity contribution in [1.82, 2.24) is 5.32 Å². The van der Waals surface area contributed by atoms with Crippen molar-refractivity contribution in [3.63, 3.8) is 0 Å². The molecule has 1 N–H and O–H groups in total. The SMILES string of the molecule is CCCCOc1c(Cl)cc(C(=O)NC(C)C)cc1OCC. The van der Waals surface area contributed by atoms with E-state index in [4.69, 9.17) is 21.1 Å². The number of halogens is 1. The molecule has 0 aliphatic heterocycles. The van der Waals surface area contributed by atoms with Crippen molar-refractivity contribution in [3.05, 3.63) is 22.7 Å². The van der Waals surface area contributed by atoms with E-state index in [1.54, 1.807) is 12.1 Å². The summed E-state index contributed by atoms with van der Waals surface area (Å²) in [6, 6.07) is 3.35. The van der Waals surface area contributed by atoms with E-state index in [2.05, 4.69) is 12.2 Å². The Balaban J connectivity index is 3.02. The van der Waals surface area contributed by atoms with Gasteiger partial charge in [0, 0.05) is 11.6 Å². The van der Waals surface area contributed by atoms with E-state index < -0.39 is 0 Å². The molecule has 0 radical (unpaired) electrons. The van der Waals surface area contributed by atoms with E-state index in [0.29, 0.717) is 35.3 Å². The van der Waals surface area contributed by atoms with Gasteiger partial charge in [0.25, 0.3) is 5.91 Å². The summed E-state index contributed by atoms with van der Waals surface area (Å²) in [7, 11) is 0. The lowest BCUT2D eigenvalue weighted by atomic mass is 10.1. The average molecular weight is 314 g/mol. The first-order valence-electron chi connectivity index (χ1n) is 7.39. The highest BCUT2D eigenvalue weighted by Crippen LogP contribution is 2.36. The molecule has 0 saturated heterocycles. The molecular weight excluding hydrogens is 290 g/mol. The van der Waals surface area contributed by atoms with E-state index in [1.807, 2.05) is 20.8 Å². The lowest BCUT2D eigenvalue weighted by molar-refractivity contribution is 0.0942. The molecule has 0 saturated carbocycles. The third-order valence-corrected chi connectivity index (χ3v) is 3.02. The summed E-state index contributed by atoms with van der Waals surface area (Å²) in [5.41, 5.74) is 0.472. The molecule has 4 nitrogen and oxygen atoms in total. The Morgan fingerprint density at radius 2 is 2.00 bits per heavy atom. The van der Waals surface area contributed by atoms with Gasteiger partial charge in [0.1, 0.15) is 0 Å². The molecule has 0 aromatic heterocycles. The zero-order valence-corrected chi connectivity index (χ0v) is 13.9. The van der Waals surface area contributed by atoms with Crippen molar-refractivity contribution < 1.29 is 14.3 Å². The van der Waals surface area contributed by atoms with E-state index in [1.165, 1.54) is 0 Å². The fourth-order valence-electron chi connectivity index (χ4n) is 1.77. The number of ether oxygens (including phenoxy) is 2. The smallest absolute Gasteiger partial charge is 0.251 e. The summed E-state index contributed by atoms with van der Waals surface area (Å²) in [6.07, 6.45) is 1.98. The van der Waals surface area contributed by atoms with Crippen LogP contribution in [0, 0.1) is 0 Å². The Kier molecular flexibility index (Phi) is 7.37. The maximum Gasteiger partial charge on any atom is 0.251 e. The molecule has 0 spiro atoms. The standard InChI is InChI=1S/C16H24ClNO3/c1-5-7-8-21-15-13(17)9-12(10-14(15)20-6-2)16(19)18-11(3)4/h9-11H,5-8H2,1-4H3,(H,18,19). The van der Waals surface area contributed by atoms with Gasteiger partial charge in [-0.3, -0.25) is 4.79 Å². The quantitative estimate of drug-likeness (QED) is 0.736. The number of hydrogen-bond donors (Lipinski definition) is 1. The van der Waals surface area contributed by atoms with Gasteiger partial charge in [0.05, 0.1) is 18.2 Å². The monoisotopic (exact) mass is 313 g/mol. The van der Waals surface area contributed by atoms with Crippen molar-refractivity contribution in [3.8, 4) is 11.5 Å². The van der Waals surface area contributed by atoms with Crippen LogP contribution in [0.4, 0.5) is 0 Å². The predicted molar refractivity (Wildman–Crippen MR) is 85.6 cm³/mol. The molecule has 5 heteroatoms. The fourth-order valence-corrected chi connectivity index (χ4v) is 2.03. The second-order valence-electron chi connectivity index (χ2n) is 5.05. The number of unbranched alkanes of at least 4 members (excludes halogenated alkanes) is 1. The maximum absolute atomic E-state index is 12.1. The van der Waals surface area contributed by atoms with Gasteiger partial charge in [-0.05, 0) is 39.3 Å². The summed E-state index contributed by atoms with van der Waals surface area (Å²) >= 11 is 6.24. The molecule has 1 aromatic carbocycles. The minimum atomic E-state index is -0.173. The number of nitrogens with one attached hydrogen (secondary N) is 1. The average Bonchev–Trinajstić information content (AvgIpc) is 2.41. The number of carbonyl (C=O) groups is 1. The fraction of sp³-hybridized carbons (Fsp3) is 0.562. The van der Waals surface area contributed by atoms with Gasteiger partial charge in [-0.2, -0.15) is 0 Å².